The van der Waals surface area contributed by atoms with Crippen LogP contribution in [0, 0.1) is 0 Å². The molecule has 1 aromatic rings. The number of aromatic nitrogens is 2. The molecular formula is C9H15N3O3. The number of amides is 1. The fourth-order valence-electron chi connectivity index (χ4n) is 1.10. The van der Waals surface area contributed by atoms with E-state index in [0.717, 1.165) is 0 Å². The molecule has 0 bridgehead atoms. The Bertz CT molecular complexity index is 324. The average molecular weight is 213 g/mol. The summed E-state index contributed by atoms with van der Waals surface area (Å²) in [5, 5.41) is 15.7. The quantitative estimate of drug-likeness (QED) is 0.668. The number of ether oxygens (including phenoxy) is 1. The first kappa shape index (κ1) is 11.7. The Balaban J connectivity index is 2.36. The number of aliphatic hydroxyl groups is 1. The minimum atomic E-state index is -0.685. The van der Waals surface area contributed by atoms with Gasteiger partial charge in [0.15, 0.2) is 0 Å². The fourth-order valence-corrected chi connectivity index (χ4v) is 1.10. The van der Waals surface area contributed by atoms with Crippen molar-refractivity contribution < 1.29 is 14.6 Å². The molecule has 6 nitrogen and oxygen atoms in total. The normalized spacial score (nSPS) is 12.5. The molecule has 0 aliphatic rings. The highest BCUT2D eigenvalue weighted by atomic mass is 16.5. The van der Waals surface area contributed by atoms with Crippen molar-refractivity contribution in [2.24, 2.45) is 7.05 Å². The predicted molar refractivity (Wildman–Crippen MR) is 53.4 cm³/mol. The maximum absolute atomic E-state index is 11.5. The number of nitrogens with zero attached hydrogens (tertiary/aromatic N) is 2. The van der Waals surface area contributed by atoms with Crippen LogP contribution in [0.5, 0.6) is 0 Å². The minimum Gasteiger partial charge on any atom is -0.389 e. The number of hydrogen-bond donors (Lipinski definition) is 2. The Morgan fingerprint density at radius 1 is 1.80 bits per heavy atom. The van der Waals surface area contributed by atoms with Gasteiger partial charge in [0.25, 0.3) is 5.91 Å². The molecule has 1 atom stereocenters. The summed E-state index contributed by atoms with van der Waals surface area (Å²) in [6.07, 6.45) is 2.39. The predicted octanol–water partition coefficient (Wildman–Crippen LogP) is -0.843. The van der Waals surface area contributed by atoms with Crippen LogP contribution in [0.4, 0.5) is 0 Å². The van der Waals surface area contributed by atoms with Crippen LogP contribution < -0.4 is 5.32 Å². The highest BCUT2D eigenvalue weighted by Crippen LogP contribution is 1.95. The van der Waals surface area contributed by atoms with E-state index in [0.29, 0.717) is 5.56 Å². The summed E-state index contributed by atoms with van der Waals surface area (Å²) in [6, 6.07) is 0. The van der Waals surface area contributed by atoms with Crippen molar-refractivity contribution in [3.05, 3.63) is 18.0 Å². The summed E-state index contributed by atoms with van der Waals surface area (Å²) < 4.78 is 6.27. The number of hydrogen-bond acceptors (Lipinski definition) is 4. The number of aliphatic hydroxyl groups excluding tert-OH is 1. The minimum absolute atomic E-state index is 0.168. The van der Waals surface area contributed by atoms with Gasteiger partial charge in [-0.1, -0.05) is 0 Å². The molecule has 0 spiro atoms. The number of rotatable bonds is 5. The lowest BCUT2D eigenvalue weighted by Gasteiger charge is -2.09. The molecule has 1 heterocycles. The Morgan fingerprint density at radius 2 is 2.53 bits per heavy atom. The molecule has 1 aromatic heterocycles. The van der Waals surface area contributed by atoms with Crippen molar-refractivity contribution >= 4 is 5.91 Å². The first-order valence-electron chi connectivity index (χ1n) is 4.57. The van der Waals surface area contributed by atoms with E-state index in [1.54, 1.807) is 17.9 Å². The van der Waals surface area contributed by atoms with Crippen molar-refractivity contribution in [2.75, 3.05) is 20.3 Å². The third-order valence-corrected chi connectivity index (χ3v) is 1.82. The summed E-state index contributed by atoms with van der Waals surface area (Å²) in [4.78, 5) is 11.5. The van der Waals surface area contributed by atoms with Crippen molar-refractivity contribution in [3.63, 3.8) is 0 Å². The van der Waals surface area contributed by atoms with Crippen LogP contribution in [-0.4, -0.2) is 47.2 Å². The molecule has 0 aliphatic carbocycles. The Kier molecular flexibility index (Phi) is 4.26. The van der Waals surface area contributed by atoms with E-state index in [4.69, 9.17) is 4.74 Å². The highest BCUT2D eigenvalue weighted by Gasteiger charge is 2.09. The molecule has 0 radical (unpaired) electrons. The first-order valence-corrected chi connectivity index (χ1v) is 4.57. The SMILES string of the molecule is COCC(O)CNC(=O)c1cnn(C)c1. The molecule has 0 aromatic carbocycles. The zero-order chi connectivity index (χ0) is 11.3. The monoisotopic (exact) mass is 213 g/mol. The number of nitrogens with one attached hydrogen (secondary N) is 1. The van der Waals surface area contributed by atoms with Crippen LogP contribution in [0.25, 0.3) is 0 Å². The third kappa shape index (κ3) is 3.69. The molecule has 0 saturated heterocycles. The zero-order valence-corrected chi connectivity index (χ0v) is 8.80. The maximum Gasteiger partial charge on any atom is 0.254 e. The Hall–Kier alpha value is -1.40. The Morgan fingerprint density at radius 3 is 3.07 bits per heavy atom. The van der Waals surface area contributed by atoms with Gasteiger partial charge in [-0.05, 0) is 0 Å². The second kappa shape index (κ2) is 5.47. The van der Waals surface area contributed by atoms with Gasteiger partial charge in [0.2, 0.25) is 0 Å². The molecular weight excluding hydrogens is 198 g/mol. The van der Waals surface area contributed by atoms with Crippen LogP contribution in [0.3, 0.4) is 0 Å². The van der Waals surface area contributed by atoms with Gasteiger partial charge in [-0.3, -0.25) is 9.48 Å². The van der Waals surface area contributed by atoms with Crippen molar-refractivity contribution in [2.45, 2.75) is 6.10 Å². The molecule has 6 heteroatoms. The number of carbonyl (C=O) groups excluding carboxylic acids is 1. The van der Waals surface area contributed by atoms with Gasteiger partial charge < -0.3 is 15.2 Å². The van der Waals surface area contributed by atoms with Crippen molar-refractivity contribution in [1.29, 1.82) is 0 Å². The lowest BCUT2D eigenvalue weighted by molar-refractivity contribution is 0.0610. The second-order valence-electron chi connectivity index (χ2n) is 3.22. The molecule has 1 rings (SSSR count). The molecule has 0 fully saturated rings. The maximum atomic E-state index is 11.5. The van der Waals surface area contributed by atoms with Gasteiger partial charge in [0, 0.05) is 26.9 Å². The van der Waals surface area contributed by atoms with E-state index in [9.17, 15) is 9.90 Å². The largest absolute Gasteiger partial charge is 0.389 e. The van der Waals surface area contributed by atoms with Gasteiger partial charge in [0.05, 0.1) is 24.5 Å². The molecule has 1 amide bonds. The highest BCUT2D eigenvalue weighted by molar-refractivity contribution is 5.93. The van der Waals surface area contributed by atoms with Gasteiger partial charge in [-0.15, -0.1) is 0 Å². The van der Waals surface area contributed by atoms with Crippen LogP contribution >= 0.6 is 0 Å². The lowest BCUT2D eigenvalue weighted by Crippen LogP contribution is -2.34. The third-order valence-electron chi connectivity index (χ3n) is 1.82. The van der Waals surface area contributed by atoms with E-state index >= 15 is 0 Å². The Labute approximate surface area is 87.8 Å². The van der Waals surface area contributed by atoms with E-state index in [1.807, 2.05) is 0 Å². The summed E-state index contributed by atoms with van der Waals surface area (Å²) in [6.45, 7) is 0.370. The van der Waals surface area contributed by atoms with Crippen LogP contribution in [0.2, 0.25) is 0 Å². The van der Waals surface area contributed by atoms with Crippen molar-refractivity contribution in [3.8, 4) is 0 Å². The van der Waals surface area contributed by atoms with Crippen molar-refractivity contribution in [1.82, 2.24) is 15.1 Å². The van der Waals surface area contributed by atoms with Crippen LogP contribution in [-0.2, 0) is 11.8 Å². The smallest absolute Gasteiger partial charge is 0.254 e. The molecule has 84 valence electrons. The second-order valence-corrected chi connectivity index (χ2v) is 3.22. The first-order chi connectivity index (χ1) is 7.13. The number of carbonyl (C=O) groups is 1. The molecule has 15 heavy (non-hydrogen) atoms. The van der Waals surface area contributed by atoms with E-state index in [1.165, 1.54) is 13.3 Å². The average Bonchev–Trinajstić information content (AvgIpc) is 2.62. The standard InChI is InChI=1S/C9H15N3O3/c1-12-5-7(3-11-12)9(14)10-4-8(13)6-15-2/h3,5,8,13H,4,6H2,1-2H3,(H,10,14). The van der Waals surface area contributed by atoms with Gasteiger partial charge in [0.1, 0.15) is 0 Å². The van der Waals surface area contributed by atoms with Gasteiger partial charge >= 0.3 is 0 Å². The number of aryl methyl sites for hydroxylation is 1. The summed E-state index contributed by atoms with van der Waals surface area (Å²) in [5.41, 5.74) is 0.474. The summed E-state index contributed by atoms with van der Waals surface area (Å²) in [5.74, 6) is -0.252. The van der Waals surface area contributed by atoms with E-state index in [-0.39, 0.29) is 19.1 Å². The van der Waals surface area contributed by atoms with Gasteiger partial charge in [-0.2, -0.15) is 5.10 Å². The summed E-state index contributed by atoms with van der Waals surface area (Å²) >= 11 is 0. The fraction of sp³-hybridized carbons (Fsp3) is 0.556. The number of methoxy groups -OCH3 is 1. The molecule has 0 aliphatic heterocycles. The molecule has 2 N–H and O–H groups in total. The van der Waals surface area contributed by atoms with Crippen LogP contribution in [0.15, 0.2) is 12.4 Å². The zero-order valence-electron chi connectivity index (χ0n) is 8.80. The van der Waals surface area contributed by atoms with Gasteiger partial charge in [-0.25, -0.2) is 0 Å². The van der Waals surface area contributed by atoms with E-state index in [2.05, 4.69) is 10.4 Å². The molecule has 1 unspecified atom stereocenters. The molecule has 0 saturated carbocycles. The van der Waals surface area contributed by atoms with Crippen LogP contribution in [0.1, 0.15) is 10.4 Å². The summed E-state index contributed by atoms with van der Waals surface area (Å²) in [7, 11) is 3.22. The lowest BCUT2D eigenvalue weighted by atomic mass is 10.3. The topological polar surface area (TPSA) is 76.4 Å². The van der Waals surface area contributed by atoms with E-state index < -0.39 is 6.10 Å².